The van der Waals surface area contributed by atoms with Crippen molar-refractivity contribution in [2.45, 2.75) is 19.4 Å². The summed E-state index contributed by atoms with van der Waals surface area (Å²) in [5, 5.41) is 13.6. The Morgan fingerprint density at radius 2 is 2.00 bits per heavy atom. The molecule has 0 spiro atoms. The molecule has 0 saturated heterocycles. The molecule has 0 aliphatic heterocycles. The Bertz CT molecular complexity index is 489. The van der Waals surface area contributed by atoms with Gasteiger partial charge in [0.25, 0.3) is 0 Å². The third-order valence-corrected chi connectivity index (χ3v) is 2.52. The molecule has 2 aromatic rings. The standard InChI is InChI=1S/C13H16N2O/c1-13(2,9-16)15-12-7-8-14-11-6-4-3-5-10(11)12/h3-8,16H,9H2,1-2H3,(H,14,15). The van der Waals surface area contributed by atoms with Crippen LogP contribution in [0, 0.1) is 0 Å². The van der Waals surface area contributed by atoms with Crippen molar-refractivity contribution in [3.63, 3.8) is 0 Å². The fraction of sp³-hybridized carbons (Fsp3) is 0.308. The predicted molar refractivity (Wildman–Crippen MR) is 66.5 cm³/mol. The second-order valence-electron chi connectivity index (χ2n) is 4.54. The number of hydrogen-bond acceptors (Lipinski definition) is 3. The summed E-state index contributed by atoms with van der Waals surface area (Å²) in [6.45, 7) is 4.01. The fourth-order valence-corrected chi connectivity index (χ4v) is 1.61. The number of hydrogen-bond donors (Lipinski definition) is 2. The molecule has 1 aromatic carbocycles. The van der Waals surface area contributed by atoms with Crippen LogP contribution >= 0.6 is 0 Å². The first-order valence-electron chi connectivity index (χ1n) is 5.35. The first-order chi connectivity index (χ1) is 7.62. The lowest BCUT2D eigenvalue weighted by Gasteiger charge is -2.25. The van der Waals surface area contributed by atoms with Crippen LogP contribution in [-0.2, 0) is 0 Å². The molecule has 0 aliphatic rings. The van der Waals surface area contributed by atoms with Crippen molar-refractivity contribution in [3.05, 3.63) is 36.5 Å². The number of aliphatic hydroxyl groups is 1. The van der Waals surface area contributed by atoms with Crippen molar-refractivity contribution in [2.24, 2.45) is 0 Å². The van der Waals surface area contributed by atoms with Gasteiger partial charge in [-0.25, -0.2) is 0 Å². The van der Waals surface area contributed by atoms with Crippen molar-refractivity contribution < 1.29 is 5.11 Å². The number of nitrogens with one attached hydrogen (secondary N) is 1. The average Bonchev–Trinajstić information content (AvgIpc) is 2.29. The molecule has 3 heteroatoms. The highest BCUT2D eigenvalue weighted by Crippen LogP contribution is 2.23. The Hall–Kier alpha value is -1.61. The van der Waals surface area contributed by atoms with Gasteiger partial charge in [-0.3, -0.25) is 4.98 Å². The number of rotatable bonds is 3. The molecule has 2 N–H and O–H groups in total. The molecule has 16 heavy (non-hydrogen) atoms. The van der Waals surface area contributed by atoms with E-state index in [1.807, 2.05) is 44.2 Å². The number of benzene rings is 1. The van der Waals surface area contributed by atoms with E-state index in [-0.39, 0.29) is 12.1 Å². The summed E-state index contributed by atoms with van der Waals surface area (Å²) in [7, 11) is 0. The molecule has 0 unspecified atom stereocenters. The number of fused-ring (bicyclic) bond motifs is 1. The molecule has 2 rings (SSSR count). The van der Waals surface area contributed by atoms with E-state index in [2.05, 4.69) is 10.3 Å². The largest absolute Gasteiger partial charge is 0.394 e. The van der Waals surface area contributed by atoms with Gasteiger partial charge < -0.3 is 10.4 Å². The van der Waals surface area contributed by atoms with Gasteiger partial charge in [0.1, 0.15) is 0 Å². The molecule has 0 radical (unpaired) electrons. The number of nitrogens with zero attached hydrogens (tertiary/aromatic N) is 1. The van der Waals surface area contributed by atoms with Crippen LogP contribution in [0.2, 0.25) is 0 Å². The molecule has 0 atom stereocenters. The third-order valence-electron chi connectivity index (χ3n) is 2.52. The molecule has 3 nitrogen and oxygen atoms in total. The first-order valence-corrected chi connectivity index (χ1v) is 5.35. The van der Waals surface area contributed by atoms with E-state index in [0.29, 0.717) is 0 Å². The van der Waals surface area contributed by atoms with E-state index in [1.54, 1.807) is 6.20 Å². The van der Waals surface area contributed by atoms with E-state index >= 15 is 0 Å². The van der Waals surface area contributed by atoms with Crippen LogP contribution in [0.1, 0.15) is 13.8 Å². The Morgan fingerprint density at radius 3 is 2.75 bits per heavy atom. The summed E-state index contributed by atoms with van der Waals surface area (Å²) in [4.78, 5) is 4.30. The second-order valence-corrected chi connectivity index (χ2v) is 4.54. The van der Waals surface area contributed by atoms with Crippen LogP contribution in [0.5, 0.6) is 0 Å². The van der Waals surface area contributed by atoms with Gasteiger partial charge >= 0.3 is 0 Å². The predicted octanol–water partition coefficient (Wildman–Crippen LogP) is 2.42. The Kier molecular flexibility index (Phi) is 2.79. The summed E-state index contributed by atoms with van der Waals surface area (Å²) in [6.07, 6.45) is 1.78. The summed E-state index contributed by atoms with van der Waals surface area (Å²) < 4.78 is 0. The molecule has 1 heterocycles. The van der Waals surface area contributed by atoms with E-state index in [1.165, 1.54) is 0 Å². The molecular formula is C13H16N2O. The summed E-state index contributed by atoms with van der Waals surface area (Å²) in [5.74, 6) is 0. The monoisotopic (exact) mass is 216 g/mol. The SMILES string of the molecule is CC(C)(CO)Nc1ccnc2ccccc12. The molecule has 0 bridgehead atoms. The normalized spacial score (nSPS) is 11.7. The quantitative estimate of drug-likeness (QED) is 0.828. The third kappa shape index (κ3) is 2.14. The van der Waals surface area contributed by atoms with Crippen LogP contribution in [-0.4, -0.2) is 22.2 Å². The van der Waals surface area contributed by atoms with Gasteiger partial charge in [0, 0.05) is 17.3 Å². The molecule has 0 amide bonds. The van der Waals surface area contributed by atoms with Gasteiger partial charge in [-0.05, 0) is 26.0 Å². The lowest BCUT2D eigenvalue weighted by molar-refractivity contribution is 0.234. The molecule has 0 fully saturated rings. The average molecular weight is 216 g/mol. The van der Waals surface area contributed by atoms with E-state index < -0.39 is 0 Å². The van der Waals surface area contributed by atoms with Crippen LogP contribution in [0.4, 0.5) is 5.69 Å². The zero-order chi connectivity index (χ0) is 11.6. The van der Waals surface area contributed by atoms with Crippen molar-refractivity contribution in [2.75, 3.05) is 11.9 Å². The number of aliphatic hydroxyl groups excluding tert-OH is 1. The van der Waals surface area contributed by atoms with Crippen molar-refractivity contribution in [1.82, 2.24) is 4.98 Å². The molecular weight excluding hydrogens is 200 g/mol. The maximum atomic E-state index is 9.25. The maximum absolute atomic E-state index is 9.25. The second kappa shape index (κ2) is 4.10. The van der Waals surface area contributed by atoms with Crippen molar-refractivity contribution in [3.8, 4) is 0 Å². The summed E-state index contributed by atoms with van der Waals surface area (Å²) >= 11 is 0. The minimum atomic E-state index is -0.329. The van der Waals surface area contributed by atoms with Gasteiger partial charge in [-0.2, -0.15) is 0 Å². The maximum Gasteiger partial charge on any atom is 0.0722 e. The summed E-state index contributed by atoms with van der Waals surface area (Å²) in [6, 6.07) is 9.89. The number of pyridine rings is 1. The number of anilines is 1. The Morgan fingerprint density at radius 1 is 1.25 bits per heavy atom. The van der Waals surface area contributed by atoms with E-state index in [9.17, 15) is 5.11 Å². The summed E-state index contributed by atoms with van der Waals surface area (Å²) in [5.41, 5.74) is 1.63. The fourth-order valence-electron chi connectivity index (χ4n) is 1.61. The van der Waals surface area contributed by atoms with Crippen LogP contribution in [0.3, 0.4) is 0 Å². The zero-order valence-corrected chi connectivity index (χ0v) is 9.57. The molecule has 0 aliphatic carbocycles. The minimum Gasteiger partial charge on any atom is -0.394 e. The highest BCUT2D eigenvalue weighted by atomic mass is 16.3. The number of aromatic nitrogens is 1. The lowest BCUT2D eigenvalue weighted by Crippen LogP contribution is -2.34. The van der Waals surface area contributed by atoms with Gasteiger partial charge in [-0.1, -0.05) is 18.2 Å². The van der Waals surface area contributed by atoms with Crippen molar-refractivity contribution in [1.29, 1.82) is 0 Å². The van der Waals surface area contributed by atoms with Crippen LogP contribution < -0.4 is 5.32 Å². The van der Waals surface area contributed by atoms with Gasteiger partial charge in [0.05, 0.1) is 17.7 Å². The van der Waals surface area contributed by atoms with Gasteiger partial charge in [0.15, 0.2) is 0 Å². The van der Waals surface area contributed by atoms with E-state index in [4.69, 9.17) is 0 Å². The van der Waals surface area contributed by atoms with Crippen LogP contribution in [0.25, 0.3) is 10.9 Å². The van der Waals surface area contributed by atoms with E-state index in [0.717, 1.165) is 16.6 Å². The number of para-hydroxylation sites is 1. The first kappa shape index (κ1) is 10.9. The topological polar surface area (TPSA) is 45.1 Å². The van der Waals surface area contributed by atoms with Gasteiger partial charge in [0.2, 0.25) is 0 Å². The zero-order valence-electron chi connectivity index (χ0n) is 9.57. The van der Waals surface area contributed by atoms with Crippen LogP contribution in [0.15, 0.2) is 36.5 Å². The minimum absolute atomic E-state index is 0.0870. The van der Waals surface area contributed by atoms with Gasteiger partial charge in [-0.15, -0.1) is 0 Å². The molecule has 0 saturated carbocycles. The molecule has 84 valence electrons. The smallest absolute Gasteiger partial charge is 0.0722 e. The highest BCUT2D eigenvalue weighted by molar-refractivity contribution is 5.91. The highest BCUT2D eigenvalue weighted by Gasteiger charge is 2.16. The Balaban J connectivity index is 2.45. The van der Waals surface area contributed by atoms with Crippen molar-refractivity contribution >= 4 is 16.6 Å². The Labute approximate surface area is 95.1 Å². The lowest BCUT2D eigenvalue weighted by atomic mass is 10.1. The molecule has 1 aromatic heterocycles.